The summed E-state index contributed by atoms with van der Waals surface area (Å²) in [7, 11) is 0. The molecule has 0 aromatic heterocycles. The van der Waals surface area contributed by atoms with Gasteiger partial charge in [0, 0.05) is 31.8 Å². The molecule has 0 fully saturated rings. The van der Waals surface area contributed by atoms with Crippen LogP contribution in [0.15, 0.2) is 42.5 Å². The van der Waals surface area contributed by atoms with Gasteiger partial charge in [0.2, 0.25) is 5.91 Å². The summed E-state index contributed by atoms with van der Waals surface area (Å²) in [6, 6.07) is 11.3. The summed E-state index contributed by atoms with van der Waals surface area (Å²) in [6.45, 7) is 2.72. The summed E-state index contributed by atoms with van der Waals surface area (Å²) in [5.74, 6) is -0.522. The molecule has 0 spiro atoms. The number of carbonyl (C=O) groups excluding carboxylic acids is 2. The van der Waals surface area contributed by atoms with Gasteiger partial charge in [0.1, 0.15) is 5.56 Å². The first-order valence-electron chi connectivity index (χ1n) is 7.88. The highest BCUT2D eigenvalue weighted by Gasteiger charge is 2.21. The van der Waals surface area contributed by atoms with Crippen LogP contribution in [0.2, 0.25) is 0 Å². The van der Waals surface area contributed by atoms with E-state index in [1.54, 1.807) is 17.0 Å². The molecule has 0 saturated carbocycles. The lowest BCUT2D eigenvalue weighted by Crippen LogP contribution is -2.34. The van der Waals surface area contributed by atoms with Crippen LogP contribution in [0.4, 0.5) is 11.4 Å². The summed E-state index contributed by atoms with van der Waals surface area (Å²) < 4.78 is 0. The monoisotopic (exact) mass is 339 g/mol. The van der Waals surface area contributed by atoms with Crippen molar-refractivity contribution in [2.24, 2.45) is 0 Å². The topological polar surface area (TPSA) is 92.6 Å². The number of amides is 2. The molecule has 2 aromatic rings. The average molecular weight is 339 g/mol. The Kier molecular flexibility index (Phi) is 4.47. The van der Waals surface area contributed by atoms with Crippen LogP contribution in [0.1, 0.15) is 28.4 Å². The number of hydrogen-bond donors (Lipinski definition) is 1. The molecule has 0 aliphatic carbocycles. The van der Waals surface area contributed by atoms with Crippen molar-refractivity contribution in [3.8, 4) is 0 Å². The second-order valence-electron chi connectivity index (χ2n) is 5.90. The fraction of sp³-hybridized carbons (Fsp3) is 0.222. The molecule has 1 N–H and O–H groups in total. The van der Waals surface area contributed by atoms with Gasteiger partial charge < -0.3 is 10.2 Å². The molecule has 0 atom stereocenters. The van der Waals surface area contributed by atoms with E-state index in [2.05, 4.69) is 5.32 Å². The quantitative estimate of drug-likeness (QED) is 0.687. The molecule has 2 aromatic carbocycles. The van der Waals surface area contributed by atoms with Gasteiger partial charge in [-0.3, -0.25) is 19.7 Å². The van der Waals surface area contributed by atoms with Crippen molar-refractivity contribution in [2.75, 3.05) is 11.9 Å². The van der Waals surface area contributed by atoms with Gasteiger partial charge in [-0.15, -0.1) is 0 Å². The lowest BCUT2D eigenvalue weighted by Gasteiger charge is -2.28. The van der Waals surface area contributed by atoms with Crippen LogP contribution >= 0.6 is 0 Å². The van der Waals surface area contributed by atoms with Crippen LogP contribution in [0.25, 0.3) is 0 Å². The molecule has 0 unspecified atom stereocenters. The Hall–Kier alpha value is -3.22. The van der Waals surface area contributed by atoms with Gasteiger partial charge in [-0.1, -0.05) is 18.2 Å². The van der Waals surface area contributed by atoms with Gasteiger partial charge in [0.15, 0.2) is 0 Å². The van der Waals surface area contributed by atoms with E-state index in [9.17, 15) is 19.7 Å². The number of rotatable bonds is 3. The summed E-state index contributed by atoms with van der Waals surface area (Å²) in [6.07, 6.45) is 0.771. The second kappa shape index (κ2) is 6.72. The number of carbonyl (C=O) groups is 2. The Bertz CT molecular complexity index is 863. The molecular weight excluding hydrogens is 322 g/mol. The maximum absolute atomic E-state index is 12.4. The van der Waals surface area contributed by atoms with Gasteiger partial charge in [-0.2, -0.15) is 0 Å². The molecule has 2 amide bonds. The third-order valence-corrected chi connectivity index (χ3v) is 4.27. The van der Waals surface area contributed by atoms with Crippen molar-refractivity contribution >= 4 is 23.2 Å². The molecule has 1 aliphatic rings. The zero-order chi connectivity index (χ0) is 18.0. The Morgan fingerprint density at radius 2 is 1.92 bits per heavy atom. The predicted molar refractivity (Wildman–Crippen MR) is 92.3 cm³/mol. The van der Waals surface area contributed by atoms with E-state index < -0.39 is 10.8 Å². The smallest absolute Gasteiger partial charge is 0.282 e. The summed E-state index contributed by atoms with van der Waals surface area (Å²) >= 11 is 0. The van der Waals surface area contributed by atoms with Gasteiger partial charge in [0.25, 0.3) is 11.6 Å². The van der Waals surface area contributed by atoms with Crippen LogP contribution in [0, 0.1) is 10.1 Å². The van der Waals surface area contributed by atoms with Crippen LogP contribution in [-0.4, -0.2) is 28.2 Å². The van der Waals surface area contributed by atoms with E-state index in [0.717, 1.165) is 17.5 Å². The normalized spacial score (nSPS) is 13.1. The number of para-hydroxylation sites is 1. The number of nitro benzene ring substituents is 1. The van der Waals surface area contributed by atoms with E-state index >= 15 is 0 Å². The highest BCUT2D eigenvalue weighted by Crippen LogP contribution is 2.24. The Morgan fingerprint density at radius 1 is 1.16 bits per heavy atom. The van der Waals surface area contributed by atoms with Crippen LogP contribution < -0.4 is 5.32 Å². The zero-order valence-electron chi connectivity index (χ0n) is 13.7. The zero-order valence-corrected chi connectivity index (χ0v) is 13.7. The van der Waals surface area contributed by atoms with Gasteiger partial charge in [0.05, 0.1) is 4.92 Å². The maximum Gasteiger partial charge on any atom is 0.282 e. The minimum Gasteiger partial charge on any atom is -0.338 e. The fourth-order valence-electron chi connectivity index (χ4n) is 2.93. The molecule has 0 bridgehead atoms. The largest absolute Gasteiger partial charge is 0.338 e. The Labute approximate surface area is 144 Å². The minimum absolute atomic E-state index is 0.00980. The first kappa shape index (κ1) is 16.6. The first-order valence-corrected chi connectivity index (χ1v) is 7.88. The van der Waals surface area contributed by atoms with E-state index in [1.165, 1.54) is 25.1 Å². The Morgan fingerprint density at radius 3 is 2.64 bits per heavy atom. The number of nitrogens with one attached hydrogen (secondary N) is 1. The molecule has 0 saturated heterocycles. The SMILES string of the molecule is CC(=O)N1CCc2ccc(NC(=O)c3ccccc3[N+](=O)[O-])cc2C1. The molecule has 0 radical (unpaired) electrons. The predicted octanol–water partition coefficient (Wildman–Crippen LogP) is 2.75. The van der Waals surface area contributed by atoms with Crippen LogP contribution in [-0.2, 0) is 17.8 Å². The third kappa shape index (κ3) is 3.50. The molecule has 7 nitrogen and oxygen atoms in total. The third-order valence-electron chi connectivity index (χ3n) is 4.27. The fourth-order valence-corrected chi connectivity index (χ4v) is 2.93. The molecule has 25 heavy (non-hydrogen) atoms. The van der Waals surface area contributed by atoms with Crippen molar-refractivity contribution in [1.82, 2.24) is 4.90 Å². The minimum atomic E-state index is -0.577. The van der Waals surface area contributed by atoms with E-state index in [-0.39, 0.29) is 17.2 Å². The lowest BCUT2D eigenvalue weighted by atomic mass is 9.99. The molecule has 7 heteroatoms. The summed E-state index contributed by atoms with van der Waals surface area (Å²) in [5.41, 5.74) is 2.44. The Balaban J connectivity index is 1.83. The van der Waals surface area contributed by atoms with E-state index in [1.807, 2.05) is 12.1 Å². The summed E-state index contributed by atoms with van der Waals surface area (Å²) in [4.78, 5) is 36.2. The second-order valence-corrected chi connectivity index (χ2v) is 5.90. The van der Waals surface area contributed by atoms with Gasteiger partial charge in [-0.25, -0.2) is 0 Å². The highest BCUT2D eigenvalue weighted by atomic mass is 16.6. The summed E-state index contributed by atoms with van der Waals surface area (Å²) in [5, 5.41) is 13.8. The lowest BCUT2D eigenvalue weighted by molar-refractivity contribution is -0.385. The number of fused-ring (bicyclic) bond motifs is 1. The van der Waals surface area contributed by atoms with Gasteiger partial charge >= 0.3 is 0 Å². The first-order chi connectivity index (χ1) is 12.0. The number of hydrogen-bond acceptors (Lipinski definition) is 4. The molecule has 3 rings (SSSR count). The highest BCUT2D eigenvalue weighted by molar-refractivity contribution is 6.07. The molecule has 1 heterocycles. The van der Waals surface area contributed by atoms with Crippen molar-refractivity contribution in [3.63, 3.8) is 0 Å². The molecule has 1 aliphatic heterocycles. The number of benzene rings is 2. The van der Waals surface area contributed by atoms with Gasteiger partial charge in [-0.05, 0) is 35.7 Å². The van der Waals surface area contributed by atoms with Crippen molar-refractivity contribution in [2.45, 2.75) is 19.9 Å². The van der Waals surface area contributed by atoms with Crippen molar-refractivity contribution in [1.29, 1.82) is 0 Å². The van der Waals surface area contributed by atoms with Crippen molar-refractivity contribution in [3.05, 3.63) is 69.3 Å². The van der Waals surface area contributed by atoms with Crippen LogP contribution in [0.5, 0.6) is 0 Å². The maximum atomic E-state index is 12.4. The molecule has 128 valence electrons. The standard InChI is InChI=1S/C18H17N3O4/c1-12(22)20-9-8-13-6-7-15(10-14(13)11-20)19-18(23)16-4-2-3-5-17(16)21(24)25/h2-7,10H,8-9,11H2,1H3,(H,19,23). The van der Waals surface area contributed by atoms with Crippen molar-refractivity contribution < 1.29 is 14.5 Å². The average Bonchev–Trinajstić information content (AvgIpc) is 2.60. The number of anilines is 1. The van der Waals surface area contributed by atoms with E-state index in [0.29, 0.717) is 18.8 Å². The van der Waals surface area contributed by atoms with E-state index in [4.69, 9.17) is 0 Å². The number of nitro groups is 1. The number of nitrogens with zero attached hydrogens (tertiary/aromatic N) is 2. The van der Waals surface area contributed by atoms with Crippen LogP contribution in [0.3, 0.4) is 0 Å². The molecular formula is C18H17N3O4.